The third-order valence-corrected chi connectivity index (χ3v) is 5.47. The highest BCUT2D eigenvalue weighted by atomic mass is 16.2. The smallest absolute Gasteiger partial charge is 0.234 e. The molecule has 4 heteroatoms. The highest BCUT2D eigenvalue weighted by Crippen LogP contribution is 2.29. The first-order chi connectivity index (χ1) is 11.1. The van der Waals surface area contributed by atoms with E-state index in [0.717, 1.165) is 30.6 Å². The minimum atomic E-state index is 0.0713. The zero-order valence-electron chi connectivity index (χ0n) is 14.4. The van der Waals surface area contributed by atoms with Crippen molar-refractivity contribution >= 4 is 5.91 Å². The monoisotopic (exact) mass is 315 g/mol. The summed E-state index contributed by atoms with van der Waals surface area (Å²) in [6, 6.07) is 11.0. The molecule has 0 saturated carbocycles. The Labute approximate surface area is 139 Å². The van der Waals surface area contributed by atoms with Crippen LogP contribution in [0.5, 0.6) is 0 Å². The van der Waals surface area contributed by atoms with Crippen molar-refractivity contribution in [2.75, 3.05) is 33.2 Å². The summed E-state index contributed by atoms with van der Waals surface area (Å²) in [6.07, 6.45) is 3.80. The molecule has 3 atom stereocenters. The summed E-state index contributed by atoms with van der Waals surface area (Å²) in [7, 11) is 2.25. The Morgan fingerprint density at radius 2 is 2.04 bits per heavy atom. The van der Waals surface area contributed by atoms with Gasteiger partial charge in [-0.2, -0.15) is 0 Å². The summed E-state index contributed by atoms with van der Waals surface area (Å²) in [5, 5.41) is 3.13. The Morgan fingerprint density at radius 3 is 2.83 bits per heavy atom. The van der Waals surface area contributed by atoms with E-state index in [1.165, 1.54) is 25.8 Å². The molecule has 0 unspecified atom stereocenters. The van der Waals surface area contributed by atoms with Gasteiger partial charge < -0.3 is 10.2 Å². The second kappa shape index (κ2) is 7.45. The number of rotatable bonds is 4. The van der Waals surface area contributed by atoms with Gasteiger partial charge in [0, 0.05) is 19.1 Å². The largest absolute Gasteiger partial charge is 0.348 e. The molecular formula is C19H29N3O. The lowest BCUT2D eigenvalue weighted by atomic mass is 9.84. The van der Waals surface area contributed by atoms with Crippen LogP contribution in [-0.2, 0) is 4.79 Å². The number of likely N-dealkylation sites (tertiary alicyclic amines) is 2. The van der Waals surface area contributed by atoms with Crippen molar-refractivity contribution < 1.29 is 4.79 Å². The van der Waals surface area contributed by atoms with Crippen molar-refractivity contribution in [3.8, 4) is 0 Å². The predicted octanol–water partition coefficient (Wildman–Crippen LogP) is 2.28. The van der Waals surface area contributed by atoms with Crippen LogP contribution >= 0.6 is 0 Å². The molecular weight excluding hydrogens is 286 g/mol. The van der Waals surface area contributed by atoms with E-state index in [1.807, 2.05) is 18.2 Å². The summed E-state index contributed by atoms with van der Waals surface area (Å²) in [5.74, 6) is 0.880. The fraction of sp³-hybridized carbons (Fsp3) is 0.632. The highest BCUT2D eigenvalue weighted by Gasteiger charge is 2.34. The maximum atomic E-state index is 12.4. The Kier molecular flexibility index (Phi) is 5.34. The molecule has 2 aliphatic rings. The van der Waals surface area contributed by atoms with Crippen molar-refractivity contribution in [2.24, 2.45) is 5.92 Å². The minimum Gasteiger partial charge on any atom is -0.348 e. The first-order valence-corrected chi connectivity index (χ1v) is 8.90. The van der Waals surface area contributed by atoms with Crippen LogP contribution < -0.4 is 5.32 Å². The second-order valence-electron chi connectivity index (χ2n) is 7.17. The Hall–Kier alpha value is -1.39. The summed E-state index contributed by atoms with van der Waals surface area (Å²) in [5.41, 5.74) is 1.16. The summed E-state index contributed by atoms with van der Waals surface area (Å²) >= 11 is 0. The summed E-state index contributed by atoms with van der Waals surface area (Å²) in [4.78, 5) is 17.2. The number of carbonyl (C=O) groups excluding carboxylic acids is 1. The molecule has 1 aromatic carbocycles. The van der Waals surface area contributed by atoms with Crippen LogP contribution in [0.15, 0.2) is 30.3 Å². The van der Waals surface area contributed by atoms with E-state index < -0.39 is 0 Å². The molecule has 0 aromatic heterocycles. The number of hydrogen-bond acceptors (Lipinski definition) is 3. The molecule has 1 aromatic rings. The van der Waals surface area contributed by atoms with Gasteiger partial charge in [-0.3, -0.25) is 9.69 Å². The van der Waals surface area contributed by atoms with E-state index in [1.54, 1.807) is 0 Å². The van der Waals surface area contributed by atoms with E-state index in [4.69, 9.17) is 0 Å². The van der Waals surface area contributed by atoms with Crippen LogP contribution in [0.3, 0.4) is 0 Å². The van der Waals surface area contributed by atoms with Gasteiger partial charge in [-0.1, -0.05) is 30.3 Å². The molecule has 4 nitrogen and oxygen atoms in total. The molecule has 126 valence electrons. The van der Waals surface area contributed by atoms with Crippen LogP contribution in [0.4, 0.5) is 0 Å². The fourth-order valence-electron chi connectivity index (χ4n) is 4.19. The first-order valence-electron chi connectivity index (χ1n) is 8.90. The van der Waals surface area contributed by atoms with Crippen LogP contribution in [-0.4, -0.2) is 55.0 Å². The number of amides is 1. The molecule has 23 heavy (non-hydrogen) atoms. The average Bonchev–Trinajstić information content (AvgIpc) is 2.55. The maximum Gasteiger partial charge on any atom is 0.234 e. The van der Waals surface area contributed by atoms with E-state index >= 15 is 0 Å². The van der Waals surface area contributed by atoms with Crippen molar-refractivity contribution in [1.82, 2.24) is 15.1 Å². The van der Waals surface area contributed by atoms with Crippen LogP contribution in [0.25, 0.3) is 0 Å². The quantitative estimate of drug-likeness (QED) is 0.926. The van der Waals surface area contributed by atoms with Crippen molar-refractivity contribution in [3.05, 3.63) is 35.9 Å². The van der Waals surface area contributed by atoms with Gasteiger partial charge >= 0.3 is 0 Å². The zero-order valence-corrected chi connectivity index (χ0v) is 14.4. The Morgan fingerprint density at radius 1 is 1.26 bits per heavy atom. The van der Waals surface area contributed by atoms with Gasteiger partial charge in [0.15, 0.2) is 0 Å². The molecule has 2 saturated heterocycles. The van der Waals surface area contributed by atoms with E-state index in [9.17, 15) is 4.79 Å². The molecule has 2 fully saturated rings. The van der Waals surface area contributed by atoms with Crippen molar-refractivity contribution in [1.29, 1.82) is 0 Å². The van der Waals surface area contributed by atoms with Crippen molar-refractivity contribution in [2.45, 2.75) is 38.3 Å². The lowest BCUT2D eigenvalue weighted by Gasteiger charge is -2.45. The number of piperidine rings is 2. The molecule has 1 amide bonds. The third-order valence-electron chi connectivity index (χ3n) is 5.47. The van der Waals surface area contributed by atoms with E-state index in [-0.39, 0.29) is 11.9 Å². The number of nitrogens with zero attached hydrogens (tertiary/aromatic N) is 2. The number of nitrogens with one attached hydrogen (secondary N) is 1. The predicted molar refractivity (Wildman–Crippen MR) is 93.2 cm³/mol. The fourth-order valence-corrected chi connectivity index (χ4v) is 4.19. The lowest BCUT2D eigenvalue weighted by molar-refractivity contribution is -0.123. The molecule has 3 rings (SSSR count). The van der Waals surface area contributed by atoms with Gasteiger partial charge in [-0.05, 0) is 51.3 Å². The van der Waals surface area contributed by atoms with E-state index in [2.05, 4.69) is 41.2 Å². The Bertz CT molecular complexity index is 519. The molecule has 2 aliphatic heterocycles. The highest BCUT2D eigenvalue weighted by molar-refractivity contribution is 5.78. The molecule has 0 radical (unpaired) electrons. The SMILES string of the molecule is C[C@H](NC(=O)CN1CC[C@H]2[C@H](CCCN2C)C1)c1ccccc1. The van der Waals surface area contributed by atoms with Gasteiger partial charge in [0.05, 0.1) is 12.6 Å². The number of carbonyl (C=O) groups is 1. The number of benzene rings is 1. The number of hydrogen-bond donors (Lipinski definition) is 1. The van der Waals surface area contributed by atoms with Gasteiger partial charge in [0.1, 0.15) is 0 Å². The Balaban J connectivity index is 1.49. The van der Waals surface area contributed by atoms with Crippen LogP contribution in [0, 0.1) is 5.92 Å². The molecule has 0 aliphatic carbocycles. The van der Waals surface area contributed by atoms with Gasteiger partial charge in [-0.15, -0.1) is 0 Å². The van der Waals surface area contributed by atoms with Crippen LogP contribution in [0.1, 0.15) is 37.8 Å². The summed E-state index contributed by atoms with van der Waals surface area (Å²) in [6.45, 7) is 5.93. The number of fused-ring (bicyclic) bond motifs is 1. The first kappa shape index (κ1) is 16.5. The normalized spacial score (nSPS) is 27.2. The maximum absolute atomic E-state index is 12.4. The average molecular weight is 315 g/mol. The molecule has 0 spiro atoms. The zero-order chi connectivity index (χ0) is 16.2. The lowest BCUT2D eigenvalue weighted by Crippen LogP contribution is -2.54. The molecule has 2 heterocycles. The molecule has 1 N–H and O–H groups in total. The summed E-state index contributed by atoms with van der Waals surface area (Å²) < 4.78 is 0. The van der Waals surface area contributed by atoms with Gasteiger partial charge in [0.25, 0.3) is 0 Å². The van der Waals surface area contributed by atoms with Gasteiger partial charge in [-0.25, -0.2) is 0 Å². The van der Waals surface area contributed by atoms with E-state index in [0.29, 0.717) is 6.54 Å². The minimum absolute atomic E-state index is 0.0713. The van der Waals surface area contributed by atoms with Crippen molar-refractivity contribution in [3.63, 3.8) is 0 Å². The molecule has 0 bridgehead atoms. The topological polar surface area (TPSA) is 35.6 Å². The van der Waals surface area contributed by atoms with Crippen LogP contribution in [0.2, 0.25) is 0 Å². The third kappa shape index (κ3) is 4.12. The standard InChI is InChI=1S/C19H29N3O/c1-15(16-7-4-3-5-8-16)20-19(23)14-22-12-10-18-17(13-22)9-6-11-21(18)2/h3-5,7-8,15,17-18H,6,9-14H2,1-2H3,(H,20,23)/t15-,17+,18-/m0/s1. The van der Waals surface area contributed by atoms with Gasteiger partial charge in [0.2, 0.25) is 5.91 Å². The second-order valence-corrected chi connectivity index (χ2v) is 7.17.